The Labute approximate surface area is 130 Å². The van der Waals surface area contributed by atoms with Gasteiger partial charge in [0, 0.05) is 49.0 Å². The van der Waals surface area contributed by atoms with Gasteiger partial charge in [0.15, 0.2) is 0 Å². The molecule has 0 unspecified atom stereocenters. The molecule has 0 N–H and O–H groups in total. The maximum atomic E-state index is 8.43. The van der Waals surface area contributed by atoms with E-state index >= 15 is 0 Å². The van der Waals surface area contributed by atoms with Crippen LogP contribution in [0.25, 0.3) is 10.4 Å². The lowest BCUT2D eigenvalue weighted by atomic mass is 10.2. The standard InChI is InChI=1S/C17H19N5/c18-20-19-16-6-8-17(9-7-16)22-12-10-21(11-13-22)14-15-4-2-1-3-5-15/h1-9H,10-14H2. The molecule has 0 saturated carbocycles. The molecule has 3 rings (SSSR count). The van der Waals surface area contributed by atoms with E-state index in [1.165, 1.54) is 11.3 Å². The molecule has 0 atom stereocenters. The fourth-order valence-corrected chi connectivity index (χ4v) is 2.79. The topological polar surface area (TPSA) is 55.2 Å². The molecular weight excluding hydrogens is 274 g/mol. The third-order valence-electron chi connectivity index (χ3n) is 4.00. The number of hydrogen-bond acceptors (Lipinski definition) is 3. The van der Waals surface area contributed by atoms with E-state index < -0.39 is 0 Å². The summed E-state index contributed by atoms with van der Waals surface area (Å²) in [5, 5.41) is 3.61. The second-order valence-corrected chi connectivity index (χ2v) is 5.45. The number of anilines is 1. The first-order valence-corrected chi connectivity index (χ1v) is 7.51. The van der Waals surface area contributed by atoms with Gasteiger partial charge in [-0.15, -0.1) is 0 Å². The number of piperazine rings is 1. The normalized spacial score (nSPS) is 15.4. The second kappa shape index (κ2) is 6.98. The van der Waals surface area contributed by atoms with Crippen molar-refractivity contribution in [3.05, 3.63) is 70.6 Å². The van der Waals surface area contributed by atoms with Crippen molar-refractivity contribution < 1.29 is 0 Å². The fourth-order valence-electron chi connectivity index (χ4n) is 2.79. The monoisotopic (exact) mass is 293 g/mol. The number of azide groups is 1. The highest BCUT2D eigenvalue weighted by atomic mass is 15.3. The average molecular weight is 293 g/mol. The molecule has 5 nitrogen and oxygen atoms in total. The van der Waals surface area contributed by atoms with E-state index in [4.69, 9.17) is 5.53 Å². The van der Waals surface area contributed by atoms with E-state index in [9.17, 15) is 0 Å². The van der Waals surface area contributed by atoms with Crippen molar-refractivity contribution in [3.63, 3.8) is 0 Å². The van der Waals surface area contributed by atoms with Gasteiger partial charge in [0.05, 0.1) is 0 Å². The lowest BCUT2D eigenvalue weighted by Crippen LogP contribution is -2.45. The van der Waals surface area contributed by atoms with Crippen LogP contribution in [0.3, 0.4) is 0 Å². The van der Waals surface area contributed by atoms with Gasteiger partial charge in [-0.1, -0.05) is 47.6 Å². The minimum absolute atomic E-state index is 0.661. The van der Waals surface area contributed by atoms with Gasteiger partial charge in [0.2, 0.25) is 0 Å². The SMILES string of the molecule is [N-]=[N+]=Nc1ccc(N2CCN(Cc3ccccc3)CC2)cc1. The molecule has 2 aromatic rings. The van der Waals surface area contributed by atoms with Crippen LogP contribution < -0.4 is 4.90 Å². The van der Waals surface area contributed by atoms with Crippen LogP contribution in [-0.2, 0) is 6.54 Å². The van der Waals surface area contributed by atoms with Crippen LogP contribution >= 0.6 is 0 Å². The summed E-state index contributed by atoms with van der Waals surface area (Å²) in [5.41, 5.74) is 11.7. The van der Waals surface area contributed by atoms with Crippen LogP contribution in [0, 0.1) is 0 Å². The summed E-state index contributed by atoms with van der Waals surface area (Å²) in [4.78, 5) is 7.67. The summed E-state index contributed by atoms with van der Waals surface area (Å²) < 4.78 is 0. The summed E-state index contributed by atoms with van der Waals surface area (Å²) >= 11 is 0. The third kappa shape index (κ3) is 3.58. The van der Waals surface area contributed by atoms with Crippen molar-refractivity contribution in [2.24, 2.45) is 5.11 Å². The molecule has 112 valence electrons. The smallest absolute Gasteiger partial charge is 0.0376 e. The number of benzene rings is 2. The quantitative estimate of drug-likeness (QED) is 0.487. The van der Waals surface area contributed by atoms with Crippen LogP contribution in [0.4, 0.5) is 11.4 Å². The maximum Gasteiger partial charge on any atom is 0.0376 e. The molecule has 0 aromatic heterocycles. The first-order valence-electron chi connectivity index (χ1n) is 7.51. The zero-order valence-electron chi connectivity index (χ0n) is 12.5. The molecule has 0 spiro atoms. The minimum atomic E-state index is 0.661. The van der Waals surface area contributed by atoms with Crippen LogP contribution in [0.2, 0.25) is 0 Å². The highest BCUT2D eigenvalue weighted by Gasteiger charge is 2.17. The molecule has 0 bridgehead atoms. The van der Waals surface area contributed by atoms with Gasteiger partial charge in [-0.3, -0.25) is 4.90 Å². The fraction of sp³-hybridized carbons (Fsp3) is 0.294. The Morgan fingerprint density at radius 2 is 1.59 bits per heavy atom. The molecule has 0 amide bonds. The first-order chi connectivity index (χ1) is 10.8. The van der Waals surface area contributed by atoms with Crippen molar-refractivity contribution in [1.29, 1.82) is 0 Å². The van der Waals surface area contributed by atoms with Gasteiger partial charge in [-0.25, -0.2) is 0 Å². The van der Waals surface area contributed by atoms with Crippen LogP contribution in [0.5, 0.6) is 0 Å². The third-order valence-corrected chi connectivity index (χ3v) is 4.00. The Hall–Kier alpha value is -2.49. The van der Waals surface area contributed by atoms with Crippen molar-refractivity contribution in [2.75, 3.05) is 31.1 Å². The molecule has 1 saturated heterocycles. The maximum absolute atomic E-state index is 8.43. The van der Waals surface area contributed by atoms with Crippen LogP contribution in [0.1, 0.15) is 5.56 Å². The summed E-state index contributed by atoms with van der Waals surface area (Å²) in [5.74, 6) is 0. The Morgan fingerprint density at radius 3 is 2.23 bits per heavy atom. The van der Waals surface area contributed by atoms with Gasteiger partial charge in [0.1, 0.15) is 0 Å². The molecule has 1 heterocycles. The summed E-state index contributed by atoms with van der Waals surface area (Å²) in [6.45, 7) is 5.19. The van der Waals surface area contributed by atoms with Gasteiger partial charge in [-0.05, 0) is 23.2 Å². The van der Waals surface area contributed by atoms with E-state index in [2.05, 4.69) is 50.2 Å². The number of hydrogen-bond donors (Lipinski definition) is 0. The predicted molar refractivity (Wildman–Crippen MR) is 89.2 cm³/mol. The molecule has 22 heavy (non-hydrogen) atoms. The number of nitrogens with zero attached hydrogens (tertiary/aromatic N) is 5. The average Bonchev–Trinajstić information content (AvgIpc) is 2.58. The van der Waals surface area contributed by atoms with Gasteiger partial charge in [0.25, 0.3) is 0 Å². The molecular formula is C17H19N5. The number of rotatable bonds is 4. The summed E-state index contributed by atoms with van der Waals surface area (Å²) in [6, 6.07) is 18.4. The molecule has 2 aromatic carbocycles. The van der Waals surface area contributed by atoms with Crippen molar-refractivity contribution in [3.8, 4) is 0 Å². The minimum Gasteiger partial charge on any atom is -0.369 e. The van der Waals surface area contributed by atoms with Crippen molar-refractivity contribution in [2.45, 2.75) is 6.54 Å². The summed E-state index contributed by atoms with van der Waals surface area (Å²) in [6.07, 6.45) is 0. The zero-order chi connectivity index (χ0) is 15.2. The van der Waals surface area contributed by atoms with E-state index in [-0.39, 0.29) is 0 Å². The first kappa shape index (κ1) is 14.4. The summed E-state index contributed by atoms with van der Waals surface area (Å²) in [7, 11) is 0. The Balaban J connectivity index is 1.56. The predicted octanol–water partition coefficient (Wildman–Crippen LogP) is 3.95. The largest absolute Gasteiger partial charge is 0.369 e. The molecule has 0 radical (unpaired) electrons. The van der Waals surface area contributed by atoms with Crippen molar-refractivity contribution in [1.82, 2.24) is 4.90 Å². The molecule has 1 aliphatic heterocycles. The Morgan fingerprint density at radius 1 is 0.909 bits per heavy atom. The van der Waals surface area contributed by atoms with E-state index in [1.54, 1.807) is 0 Å². The van der Waals surface area contributed by atoms with E-state index in [1.807, 2.05) is 24.3 Å². The van der Waals surface area contributed by atoms with Gasteiger partial charge >= 0.3 is 0 Å². The van der Waals surface area contributed by atoms with Gasteiger partial charge < -0.3 is 4.90 Å². The van der Waals surface area contributed by atoms with Crippen LogP contribution in [0.15, 0.2) is 59.7 Å². The zero-order valence-corrected chi connectivity index (χ0v) is 12.5. The second-order valence-electron chi connectivity index (χ2n) is 5.45. The van der Waals surface area contributed by atoms with E-state index in [0.717, 1.165) is 32.7 Å². The highest BCUT2D eigenvalue weighted by molar-refractivity contribution is 5.53. The van der Waals surface area contributed by atoms with E-state index in [0.29, 0.717) is 5.69 Å². The molecule has 5 heteroatoms. The van der Waals surface area contributed by atoms with Gasteiger partial charge in [-0.2, -0.15) is 0 Å². The Bertz CT molecular complexity index is 639. The highest BCUT2D eigenvalue weighted by Crippen LogP contribution is 2.21. The van der Waals surface area contributed by atoms with Crippen LogP contribution in [-0.4, -0.2) is 31.1 Å². The molecule has 1 aliphatic rings. The molecule has 1 fully saturated rings. The van der Waals surface area contributed by atoms with Crippen molar-refractivity contribution >= 4 is 11.4 Å². The lowest BCUT2D eigenvalue weighted by molar-refractivity contribution is 0.250. The Kier molecular flexibility index (Phi) is 4.59. The lowest BCUT2D eigenvalue weighted by Gasteiger charge is -2.36. The molecule has 0 aliphatic carbocycles.